The van der Waals surface area contributed by atoms with Gasteiger partial charge in [-0.05, 0) is 18.2 Å². The fraction of sp³-hybridized carbons (Fsp3) is 0.333. The molecule has 1 aromatic heterocycles. The molecule has 0 radical (unpaired) electrons. The molecule has 0 unspecified atom stereocenters. The van der Waals surface area contributed by atoms with Crippen molar-refractivity contribution in [2.75, 3.05) is 26.0 Å². The number of nitrogens with zero attached hydrogens (tertiary/aromatic N) is 3. The van der Waals surface area contributed by atoms with Gasteiger partial charge in [0, 0.05) is 42.5 Å². The summed E-state index contributed by atoms with van der Waals surface area (Å²) in [6, 6.07) is 6.64. The highest BCUT2D eigenvalue weighted by molar-refractivity contribution is 7.86. The number of amides is 1. The molecule has 0 spiro atoms. The van der Waals surface area contributed by atoms with E-state index in [0.717, 1.165) is 10.6 Å². The minimum atomic E-state index is -3.46. The average Bonchev–Trinajstić information content (AvgIpc) is 2.95. The highest BCUT2D eigenvalue weighted by Crippen LogP contribution is 2.30. The van der Waals surface area contributed by atoms with Crippen molar-refractivity contribution in [1.82, 2.24) is 13.6 Å². The Morgan fingerprint density at radius 2 is 2.16 bits per heavy atom. The summed E-state index contributed by atoms with van der Waals surface area (Å²) in [6.45, 7) is 0.638. The molecule has 2 heterocycles. The third kappa shape index (κ3) is 3.85. The minimum absolute atomic E-state index is 0.264. The first-order valence-corrected chi connectivity index (χ1v) is 10.1. The largest absolute Gasteiger partial charge is 0.298 e. The van der Waals surface area contributed by atoms with Crippen LogP contribution in [0.1, 0.15) is 20.9 Å². The van der Waals surface area contributed by atoms with Crippen LogP contribution in [0.3, 0.4) is 0 Å². The monoisotopic (exact) mass is 400 g/mol. The molecule has 25 heavy (non-hydrogen) atoms. The lowest BCUT2D eigenvalue weighted by atomic mass is 10.2. The summed E-state index contributed by atoms with van der Waals surface area (Å²) in [5.74, 6) is -0.300. The van der Waals surface area contributed by atoms with E-state index in [4.69, 9.17) is 11.6 Å². The Balaban J connectivity index is 1.76. The van der Waals surface area contributed by atoms with Crippen LogP contribution in [0.25, 0.3) is 0 Å². The molecule has 0 saturated heterocycles. The maximum atomic E-state index is 12.3. The summed E-state index contributed by atoms with van der Waals surface area (Å²) in [4.78, 5) is 17.5. The van der Waals surface area contributed by atoms with E-state index in [0.29, 0.717) is 28.7 Å². The van der Waals surface area contributed by atoms with Crippen molar-refractivity contribution in [3.05, 3.63) is 45.4 Å². The fourth-order valence-electron chi connectivity index (χ4n) is 2.45. The van der Waals surface area contributed by atoms with Gasteiger partial charge in [0.25, 0.3) is 16.1 Å². The van der Waals surface area contributed by atoms with Gasteiger partial charge in [0.1, 0.15) is 0 Å². The maximum absolute atomic E-state index is 12.3. The van der Waals surface area contributed by atoms with Crippen molar-refractivity contribution < 1.29 is 13.2 Å². The van der Waals surface area contributed by atoms with Crippen molar-refractivity contribution in [3.63, 3.8) is 0 Å². The Labute approximate surface area is 155 Å². The molecule has 1 aromatic carbocycles. The van der Waals surface area contributed by atoms with E-state index in [-0.39, 0.29) is 12.5 Å². The number of thiazole rings is 1. The molecule has 0 atom stereocenters. The molecular formula is C15H17ClN4O3S2. The summed E-state index contributed by atoms with van der Waals surface area (Å²) in [7, 11) is -0.444. The molecule has 1 aliphatic rings. The smallest absolute Gasteiger partial charge is 0.281 e. The van der Waals surface area contributed by atoms with Crippen LogP contribution in [0.2, 0.25) is 5.02 Å². The predicted molar refractivity (Wildman–Crippen MR) is 98.2 cm³/mol. The number of hydrogen-bond acceptors (Lipinski definition) is 5. The van der Waals surface area contributed by atoms with Gasteiger partial charge in [-0.2, -0.15) is 17.0 Å². The molecule has 0 aliphatic carbocycles. The lowest BCUT2D eigenvalue weighted by Gasteiger charge is -2.27. The number of nitrogens with one attached hydrogen (secondary N) is 1. The summed E-state index contributed by atoms with van der Waals surface area (Å²) in [5.41, 5.74) is 1.27. The zero-order valence-corrected chi connectivity index (χ0v) is 16.1. The Bertz CT molecular complexity index is 911. The first-order chi connectivity index (χ1) is 11.8. The first kappa shape index (κ1) is 18.3. The Morgan fingerprint density at radius 3 is 2.84 bits per heavy atom. The Morgan fingerprint density at radius 1 is 1.40 bits per heavy atom. The maximum Gasteiger partial charge on any atom is 0.281 e. The summed E-state index contributed by atoms with van der Waals surface area (Å²) in [5, 5.41) is 3.69. The lowest BCUT2D eigenvalue weighted by molar-refractivity contribution is 0.102. The second-order valence-corrected chi connectivity index (χ2v) is 9.39. The molecular weight excluding hydrogens is 384 g/mol. The van der Waals surface area contributed by atoms with Crippen LogP contribution in [0.5, 0.6) is 0 Å². The van der Waals surface area contributed by atoms with E-state index in [1.807, 2.05) is 0 Å². The average molecular weight is 401 g/mol. The van der Waals surface area contributed by atoms with E-state index >= 15 is 0 Å². The number of hydrogen-bond donors (Lipinski definition) is 1. The van der Waals surface area contributed by atoms with Crippen LogP contribution < -0.4 is 5.32 Å². The number of fused-ring (bicyclic) bond motifs is 1. The molecule has 1 N–H and O–H groups in total. The van der Waals surface area contributed by atoms with E-state index in [1.165, 1.54) is 34.0 Å². The zero-order valence-electron chi connectivity index (χ0n) is 13.7. The standard InChI is InChI=1S/C15H17ClN4O3S2/c1-19(2)25(22,23)20-7-6-12-13(9-20)24-15(17-12)18-14(21)10-4-3-5-11(16)8-10/h3-5,8H,6-7,9H2,1-2H3,(H,17,18,21). The summed E-state index contributed by atoms with van der Waals surface area (Å²) >= 11 is 7.19. The number of carbonyl (C=O) groups excluding carboxylic acids is 1. The second-order valence-electron chi connectivity index (χ2n) is 5.73. The first-order valence-electron chi connectivity index (χ1n) is 7.50. The van der Waals surface area contributed by atoms with Crippen LogP contribution in [0, 0.1) is 0 Å². The highest BCUT2D eigenvalue weighted by atomic mass is 35.5. The molecule has 3 rings (SSSR count). The molecule has 0 bridgehead atoms. The predicted octanol–water partition coefficient (Wildman–Crippen LogP) is 2.21. The number of anilines is 1. The van der Waals surface area contributed by atoms with Gasteiger partial charge >= 0.3 is 0 Å². The van der Waals surface area contributed by atoms with Crippen molar-refractivity contribution in [2.45, 2.75) is 13.0 Å². The summed E-state index contributed by atoms with van der Waals surface area (Å²) in [6.07, 6.45) is 0.520. The van der Waals surface area contributed by atoms with Crippen molar-refractivity contribution in [2.24, 2.45) is 0 Å². The summed E-state index contributed by atoms with van der Waals surface area (Å²) < 4.78 is 27.1. The van der Waals surface area contributed by atoms with Crippen LogP contribution in [-0.2, 0) is 23.2 Å². The van der Waals surface area contributed by atoms with Crippen molar-refractivity contribution in [1.29, 1.82) is 0 Å². The van der Waals surface area contributed by atoms with Crippen LogP contribution in [-0.4, -0.2) is 48.6 Å². The third-order valence-corrected chi connectivity index (χ3v) is 6.91. The van der Waals surface area contributed by atoms with Gasteiger partial charge in [-0.15, -0.1) is 11.3 Å². The molecule has 0 saturated carbocycles. The Kier molecular flexibility index (Phi) is 5.12. The number of carbonyl (C=O) groups is 1. The molecule has 1 aliphatic heterocycles. The van der Waals surface area contributed by atoms with E-state index in [9.17, 15) is 13.2 Å². The second kappa shape index (κ2) is 7.00. The molecule has 7 nitrogen and oxygen atoms in total. The number of halogens is 1. The van der Waals surface area contributed by atoms with E-state index in [1.54, 1.807) is 24.3 Å². The SMILES string of the molecule is CN(C)S(=O)(=O)N1CCc2nc(NC(=O)c3cccc(Cl)c3)sc2C1. The topological polar surface area (TPSA) is 82.6 Å². The van der Waals surface area contributed by atoms with Crippen LogP contribution in [0.4, 0.5) is 5.13 Å². The van der Waals surface area contributed by atoms with E-state index in [2.05, 4.69) is 10.3 Å². The molecule has 1 amide bonds. The van der Waals surface area contributed by atoms with Crippen LogP contribution in [0.15, 0.2) is 24.3 Å². The zero-order chi connectivity index (χ0) is 18.2. The number of benzene rings is 1. The highest BCUT2D eigenvalue weighted by Gasteiger charge is 2.30. The van der Waals surface area contributed by atoms with Gasteiger partial charge < -0.3 is 0 Å². The van der Waals surface area contributed by atoms with Gasteiger partial charge in [0.05, 0.1) is 12.2 Å². The number of aromatic nitrogens is 1. The normalized spacial score (nSPS) is 15.2. The molecule has 10 heteroatoms. The van der Waals surface area contributed by atoms with Gasteiger partial charge in [0.15, 0.2) is 5.13 Å². The minimum Gasteiger partial charge on any atom is -0.298 e. The van der Waals surface area contributed by atoms with Crippen molar-refractivity contribution >= 4 is 44.2 Å². The van der Waals surface area contributed by atoms with Crippen molar-refractivity contribution in [3.8, 4) is 0 Å². The third-order valence-electron chi connectivity index (χ3n) is 3.79. The molecule has 2 aromatic rings. The van der Waals surface area contributed by atoms with E-state index < -0.39 is 10.2 Å². The lowest BCUT2D eigenvalue weighted by Crippen LogP contribution is -2.42. The number of rotatable bonds is 4. The fourth-order valence-corrected chi connectivity index (χ4v) is 4.82. The van der Waals surface area contributed by atoms with Crippen LogP contribution >= 0.6 is 22.9 Å². The van der Waals surface area contributed by atoms with Gasteiger partial charge in [-0.3, -0.25) is 10.1 Å². The van der Waals surface area contributed by atoms with Gasteiger partial charge in [-0.25, -0.2) is 4.98 Å². The molecule has 0 fully saturated rings. The molecule has 134 valence electrons. The Hall–Kier alpha value is -1.52. The van der Waals surface area contributed by atoms with Gasteiger partial charge in [-0.1, -0.05) is 17.7 Å². The quantitative estimate of drug-likeness (QED) is 0.852. The van der Waals surface area contributed by atoms with Gasteiger partial charge in [0.2, 0.25) is 0 Å².